The van der Waals surface area contributed by atoms with Crippen LogP contribution in [-0.2, 0) is 13.1 Å². The molecule has 1 aromatic rings. The largest absolute Gasteiger partial charge is 0.333 e. The molecule has 1 aromatic heterocycles. The van der Waals surface area contributed by atoms with E-state index in [2.05, 4.69) is 28.0 Å². The first-order chi connectivity index (χ1) is 8.83. The van der Waals surface area contributed by atoms with Gasteiger partial charge < -0.3 is 9.88 Å². The number of imidazole rings is 1. The number of nitrogens with one attached hydrogen (secondary N) is 1. The van der Waals surface area contributed by atoms with Crippen LogP contribution < -0.4 is 5.32 Å². The summed E-state index contributed by atoms with van der Waals surface area (Å²) in [5.74, 6) is 0. The highest BCUT2D eigenvalue weighted by atomic mass is 32.2. The van der Waals surface area contributed by atoms with Gasteiger partial charge in [-0.1, -0.05) is 6.92 Å². The summed E-state index contributed by atoms with van der Waals surface area (Å²) in [6.45, 7) is 4.26. The van der Waals surface area contributed by atoms with Gasteiger partial charge in [0.2, 0.25) is 0 Å². The normalized spacial score (nSPS) is 24.3. The van der Waals surface area contributed by atoms with Crippen molar-refractivity contribution in [3.05, 3.63) is 18.2 Å². The molecule has 18 heavy (non-hydrogen) atoms. The van der Waals surface area contributed by atoms with Gasteiger partial charge in [-0.15, -0.1) is 0 Å². The molecule has 0 saturated heterocycles. The van der Waals surface area contributed by atoms with Gasteiger partial charge in [-0.25, -0.2) is 4.98 Å². The van der Waals surface area contributed by atoms with Crippen LogP contribution in [0.2, 0.25) is 0 Å². The maximum atomic E-state index is 4.25. The summed E-state index contributed by atoms with van der Waals surface area (Å²) < 4.78 is 2.26. The lowest BCUT2D eigenvalue weighted by Crippen LogP contribution is -2.33. The molecule has 0 aliphatic heterocycles. The van der Waals surface area contributed by atoms with E-state index in [0.29, 0.717) is 6.04 Å². The van der Waals surface area contributed by atoms with Crippen LogP contribution in [0.25, 0.3) is 0 Å². The second-order valence-electron chi connectivity index (χ2n) is 5.17. The number of thioether (sulfide) groups is 1. The molecule has 0 atom stereocenters. The lowest BCUT2D eigenvalue weighted by atomic mass is 9.95. The van der Waals surface area contributed by atoms with Crippen molar-refractivity contribution in [3.8, 4) is 0 Å². The first-order valence-electron chi connectivity index (χ1n) is 7.08. The van der Waals surface area contributed by atoms with E-state index in [1.54, 1.807) is 0 Å². The van der Waals surface area contributed by atoms with E-state index in [9.17, 15) is 0 Å². The van der Waals surface area contributed by atoms with Gasteiger partial charge >= 0.3 is 0 Å². The van der Waals surface area contributed by atoms with Gasteiger partial charge in [-0.05, 0) is 38.4 Å². The molecular formula is C14H25N3S. The van der Waals surface area contributed by atoms with Crippen LogP contribution >= 0.6 is 11.8 Å². The molecule has 1 saturated carbocycles. The van der Waals surface area contributed by atoms with Gasteiger partial charge in [-0.2, -0.15) is 11.8 Å². The third-order valence-electron chi connectivity index (χ3n) is 3.84. The fourth-order valence-corrected chi connectivity index (χ4v) is 3.43. The fourth-order valence-electron chi connectivity index (χ4n) is 2.69. The molecule has 0 unspecified atom stereocenters. The van der Waals surface area contributed by atoms with E-state index >= 15 is 0 Å². The Kier molecular flexibility index (Phi) is 5.57. The number of rotatable bonds is 6. The molecular weight excluding hydrogens is 242 g/mol. The first kappa shape index (κ1) is 13.9. The predicted octanol–water partition coefficient (Wildman–Crippen LogP) is 3.06. The van der Waals surface area contributed by atoms with Gasteiger partial charge in [0.05, 0.1) is 12.0 Å². The zero-order valence-corrected chi connectivity index (χ0v) is 12.4. The van der Waals surface area contributed by atoms with Crippen molar-refractivity contribution in [3.63, 3.8) is 0 Å². The summed E-state index contributed by atoms with van der Waals surface area (Å²) in [6.07, 6.45) is 12.7. The van der Waals surface area contributed by atoms with Crippen LogP contribution in [0.5, 0.6) is 0 Å². The number of aromatic nitrogens is 2. The smallest absolute Gasteiger partial charge is 0.0948 e. The average Bonchev–Trinajstić information content (AvgIpc) is 2.85. The number of nitrogens with zero attached hydrogens (tertiary/aromatic N) is 2. The third kappa shape index (κ3) is 3.75. The van der Waals surface area contributed by atoms with E-state index < -0.39 is 0 Å². The van der Waals surface area contributed by atoms with Crippen molar-refractivity contribution in [2.24, 2.45) is 0 Å². The van der Waals surface area contributed by atoms with Gasteiger partial charge in [-0.3, -0.25) is 0 Å². The Morgan fingerprint density at radius 2 is 2.17 bits per heavy atom. The van der Waals surface area contributed by atoms with Crippen LogP contribution in [0, 0.1) is 0 Å². The van der Waals surface area contributed by atoms with Crippen LogP contribution in [0.4, 0.5) is 0 Å². The van der Waals surface area contributed by atoms with Crippen LogP contribution in [-0.4, -0.2) is 27.1 Å². The molecule has 1 aliphatic rings. The zero-order valence-electron chi connectivity index (χ0n) is 11.6. The van der Waals surface area contributed by atoms with Gasteiger partial charge in [0.15, 0.2) is 0 Å². The molecule has 102 valence electrons. The van der Waals surface area contributed by atoms with Crippen molar-refractivity contribution in [1.82, 2.24) is 14.9 Å². The molecule has 0 spiro atoms. The average molecular weight is 267 g/mol. The molecule has 1 aliphatic carbocycles. The monoisotopic (exact) mass is 267 g/mol. The zero-order chi connectivity index (χ0) is 12.8. The standard InChI is InChI=1S/C14H25N3S/c1-3-8-17-11-15-9-13(17)10-16-12-4-6-14(18-2)7-5-12/h9,11-12,14,16H,3-8,10H2,1-2H3. The molecule has 0 bridgehead atoms. The Morgan fingerprint density at radius 3 is 2.83 bits per heavy atom. The molecule has 0 aromatic carbocycles. The molecule has 4 heteroatoms. The maximum Gasteiger partial charge on any atom is 0.0948 e. The number of hydrogen-bond acceptors (Lipinski definition) is 3. The van der Waals surface area contributed by atoms with E-state index in [1.165, 1.54) is 37.8 Å². The van der Waals surface area contributed by atoms with Crippen molar-refractivity contribution in [1.29, 1.82) is 0 Å². The molecule has 1 N–H and O–H groups in total. The second-order valence-corrected chi connectivity index (χ2v) is 6.31. The lowest BCUT2D eigenvalue weighted by Gasteiger charge is -2.28. The Hall–Kier alpha value is -0.480. The SMILES string of the molecule is CCCn1cncc1CNC1CCC(SC)CC1. The van der Waals surface area contributed by atoms with Gasteiger partial charge in [0.1, 0.15) is 0 Å². The molecule has 1 heterocycles. The van der Waals surface area contributed by atoms with Crippen molar-refractivity contribution < 1.29 is 0 Å². The van der Waals surface area contributed by atoms with Crippen LogP contribution in [0.15, 0.2) is 12.5 Å². The van der Waals surface area contributed by atoms with Crippen molar-refractivity contribution >= 4 is 11.8 Å². The lowest BCUT2D eigenvalue weighted by molar-refractivity contribution is 0.374. The summed E-state index contributed by atoms with van der Waals surface area (Å²) in [4.78, 5) is 4.25. The molecule has 2 rings (SSSR count). The summed E-state index contributed by atoms with van der Waals surface area (Å²) in [5, 5.41) is 4.59. The third-order valence-corrected chi connectivity index (χ3v) is 4.98. The van der Waals surface area contributed by atoms with Crippen molar-refractivity contribution in [2.75, 3.05) is 6.26 Å². The highest BCUT2D eigenvalue weighted by Gasteiger charge is 2.20. The summed E-state index contributed by atoms with van der Waals surface area (Å²) in [5.41, 5.74) is 1.32. The number of hydrogen-bond donors (Lipinski definition) is 1. The van der Waals surface area contributed by atoms with E-state index in [1.807, 2.05) is 24.3 Å². The second kappa shape index (κ2) is 7.19. The van der Waals surface area contributed by atoms with E-state index in [0.717, 1.165) is 18.3 Å². The minimum absolute atomic E-state index is 0.707. The topological polar surface area (TPSA) is 29.9 Å². The predicted molar refractivity (Wildman–Crippen MR) is 78.9 cm³/mol. The fraction of sp³-hybridized carbons (Fsp3) is 0.786. The Balaban J connectivity index is 1.76. The Labute approximate surface area is 115 Å². The van der Waals surface area contributed by atoms with E-state index in [4.69, 9.17) is 0 Å². The molecule has 1 fully saturated rings. The minimum atomic E-state index is 0.707. The summed E-state index contributed by atoms with van der Waals surface area (Å²) >= 11 is 2.03. The molecule has 0 amide bonds. The highest BCUT2D eigenvalue weighted by Crippen LogP contribution is 2.26. The minimum Gasteiger partial charge on any atom is -0.333 e. The highest BCUT2D eigenvalue weighted by molar-refractivity contribution is 7.99. The number of aryl methyl sites for hydroxylation is 1. The molecule has 3 nitrogen and oxygen atoms in total. The summed E-state index contributed by atoms with van der Waals surface area (Å²) in [7, 11) is 0. The van der Waals surface area contributed by atoms with Gasteiger partial charge in [0, 0.05) is 30.6 Å². The van der Waals surface area contributed by atoms with Crippen molar-refractivity contribution in [2.45, 2.75) is 63.4 Å². The Morgan fingerprint density at radius 1 is 1.39 bits per heavy atom. The van der Waals surface area contributed by atoms with Crippen LogP contribution in [0.1, 0.15) is 44.7 Å². The van der Waals surface area contributed by atoms with Crippen LogP contribution in [0.3, 0.4) is 0 Å². The first-order valence-corrected chi connectivity index (χ1v) is 8.37. The quantitative estimate of drug-likeness (QED) is 0.859. The Bertz CT molecular complexity index is 343. The van der Waals surface area contributed by atoms with E-state index in [-0.39, 0.29) is 0 Å². The maximum absolute atomic E-state index is 4.25. The van der Waals surface area contributed by atoms with Gasteiger partial charge in [0.25, 0.3) is 0 Å². The summed E-state index contributed by atoms with van der Waals surface area (Å²) in [6, 6.07) is 0.707. The molecule has 0 radical (unpaired) electrons.